The molecule has 6 heteroatoms. The summed E-state index contributed by atoms with van der Waals surface area (Å²) in [5, 5.41) is 19.2. The first-order chi connectivity index (χ1) is 8.59. The molecule has 0 fully saturated rings. The van der Waals surface area contributed by atoms with Crippen molar-refractivity contribution in [1.29, 1.82) is 0 Å². The Morgan fingerprint density at radius 3 is 1.78 bits per heavy atom. The summed E-state index contributed by atoms with van der Waals surface area (Å²) in [6.45, 7) is -1.06. The lowest BCUT2D eigenvalue weighted by Crippen LogP contribution is -2.49. The lowest BCUT2D eigenvalue weighted by atomic mass is 9.91. The number of ketones is 2. The molecule has 0 atom stereocenters. The zero-order valence-electron chi connectivity index (χ0n) is 9.20. The Labute approximate surface area is 101 Å². The van der Waals surface area contributed by atoms with Crippen molar-refractivity contribution in [2.24, 2.45) is 0 Å². The molecule has 6 nitrogen and oxygen atoms in total. The van der Waals surface area contributed by atoms with Crippen molar-refractivity contribution < 1.29 is 28.6 Å². The Kier molecular flexibility index (Phi) is 3.14. The van der Waals surface area contributed by atoms with E-state index in [1.54, 1.807) is 0 Å². The molecule has 2 N–H and O–H groups in total. The number of aliphatic hydroxyl groups is 2. The SMILES string of the molecule is O=C(c1ccco1)C(O)(CO)C(=O)c1ccco1. The second kappa shape index (κ2) is 4.59. The Balaban J connectivity index is 2.36. The highest BCUT2D eigenvalue weighted by Gasteiger charge is 2.46. The molecular formula is C12H10O6. The van der Waals surface area contributed by atoms with Crippen LogP contribution in [0.1, 0.15) is 21.1 Å². The molecule has 2 heterocycles. The first-order valence-corrected chi connectivity index (χ1v) is 5.09. The maximum atomic E-state index is 11.9. The Hall–Kier alpha value is -2.18. The number of hydrogen-bond acceptors (Lipinski definition) is 6. The Bertz CT molecular complexity index is 491. The van der Waals surface area contributed by atoms with Gasteiger partial charge in [-0.1, -0.05) is 0 Å². The summed E-state index contributed by atoms with van der Waals surface area (Å²) in [5.74, 6) is -2.47. The van der Waals surface area contributed by atoms with Gasteiger partial charge in [-0.3, -0.25) is 9.59 Å². The van der Waals surface area contributed by atoms with Gasteiger partial charge < -0.3 is 19.0 Å². The molecule has 2 rings (SSSR count). The van der Waals surface area contributed by atoms with Crippen LogP contribution in [0.3, 0.4) is 0 Å². The Morgan fingerprint density at radius 1 is 1.06 bits per heavy atom. The van der Waals surface area contributed by atoms with Gasteiger partial charge in [-0.2, -0.15) is 0 Å². The molecule has 0 radical (unpaired) electrons. The van der Waals surface area contributed by atoms with Crippen LogP contribution in [0.25, 0.3) is 0 Å². The molecule has 0 unspecified atom stereocenters. The van der Waals surface area contributed by atoms with E-state index in [2.05, 4.69) is 0 Å². The standard InChI is InChI=1S/C12H10O6/c13-7-12(16,10(14)8-3-1-5-17-8)11(15)9-4-2-6-18-9/h1-6,13,16H,7H2. The molecule has 0 bridgehead atoms. The highest BCUT2D eigenvalue weighted by Crippen LogP contribution is 2.20. The van der Waals surface area contributed by atoms with Crippen LogP contribution in [0, 0.1) is 0 Å². The molecule has 0 aliphatic heterocycles. The largest absolute Gasteiger partial charge is 0.461 e. The lowest BCUT2D eigenvalue weighted by molar-refractivity contribution is 0.00310. The van der Waals surface area contributed by atoms with Gasteiger partial charge in [-0.15, -0.1) is 0 Å². The second-order valence-electron chi connectivity index (χ2n) is 3.63. The van der Waals surface area contributed by atoms with E-state index < -0.39 is 23.8 Å². The molecular weight excluding hydrogens is 240 g/mol. The fraction of sp³-hybridized carbons (Fsp3) is 0.167. The van der Waals surface area contributed by atoms with Crippen LogP contribution in [0.2, 0.25) is 0 Å². The van der Waals surface area contributed by atoms with Gasteiger partial charge in [0.2, 0.25) is 17.2 Å². The van der Waals surface area contributed by atoms with Crippen molar-refractivity contribution in [2.45, 2.75) is 5.60 Å². The quantitative estimate of drug-likeness (QED) is 0.597. The van der Waals surface area contributed by atoms with Crippen LogP contribution in [0.5, 0.6) is 0 Å². The molecule has 2 aromatic heterocycles. The molecule has 0 spiro atoms. The van der Waals surface area contributed by atoms with Crippen LogP contribution in [0.4, 0.5) is 0 Å². The summed E-state index contributed by atoms with van der Waals surface area (Å²) in [6, 6.07) is 5.45. The van der Waals surface area contributed by atoms with Crippen LogP contribution in [-0.2, 0) is 0 Å². The van der Waals surface area contributed by atoms with Gasteiger partial charge in [0, 0.05) is 0 Å². The number of carbonyl (C=O) groups is 2. The number of aliphatic hydroxyl groups excluding tert-OH is 1. The molecule has 0 saturated heterocycles. The predicted octanol–water partition coefficient (Wildman–Crippen LogP) is 0.662. The van der Waals surface area contributed by atoms with Crippen LogP contribution in [0.15, 0.2) is 45.6 Å². The maximum Gasteiger partial charge on any atom is 0.239 e. The normalized spacial score (nSPS) is 11.4. The summed E-state index contributed by atoms with van der Waals surface area (Å²) in [5.41, 5.74) is -2.60. The molecule has 0 saturated carbocycles. The number of hydrogen-bond donors (Lipinski definition) is 2. The molecule has 0 aliphatic carbocycles. The van der Waals surface area contributed by atoms with E-state index in [4.69, 9.17) is 13.9 Å². The van der Waals surface area contributed by atoms with Gasteiger partial charge in [-0.05, 0) is 24.3 Å². The zero-order chi connectivity index (χ0) is 13.2. The third kappa shape index (κ3) is 1.87. The van der Waals surface area contributed by atoms with E-state index in [0.717, 1.165) is 0 Å². The van der Waals surface area contributed by atoms with Gasteiger partial charge >= 0.3 is 0 Å². The highest BCUT2D eigenvalue weighted by atomic mass is 16.4. The van der Waals surface area contributed by atoms with Crippen LogP contribution < -0.4 is 0 Å². The molecule has 94 valence electrons. The summed E-state index contributed by atoms with van der Waals surface area (Å²) < 4.78 is 9.61. The van der Waals surface area contributed by atoms with Crippen molar-refractivity contribution in [3.63, 3.8) is 0 Å². The smallest absolute Gasteiger partial charge is 0.239 e. The van der Waals surface area contributed by atoms with E-state index in [1.807, 2.05) is 0 Å². The average Bonchev–Trinajstić information content (AvgIpc) is 3.07. The molecule has 0 amide bonds. The molecule has 18 heavy (non-hydrogen) atoms. The minimum absolute atomic E-state index is 0.216. The van der Waals surface area contributed by atoms with Crippen molar-refractivity contribution in [3.8, 4) is 0 Å². The van der Waals surface area contributed by atoms with Crippen molar-refractivity contribution in [3.05, 3.63) is 48.3 Å². The summed E-state index contributed by atoms with van der Waals surface area (Å²) in [7, 11) is 0. The fourth-order valence-electron chi connectivity index (χ4n) is 1.47. The molecule has 0 aromatic carbocycles. The minimum atomic E-state index is -2.60. The monoisotopic (exact) mass is 250 g/mol. The average molecular weight is 250 g/mol. The predicted molar refractivity (Wildman–Crippen MR) is 58.1 cm³/mol. The van der Waals surface area contributed by atoms with Crippen LogP contribution in [-0.4, -0.2) is 34.0 Å². The Morgan fingerprint density at radius 2 is 1.50 bits per heavy atom. The molecule has 0 aliphatic rings. The minimum Gasteiger partial charge on any atom is -0.461 e. The van der Waals surface area contributed by atoms with E-state index >= 15 is 0 Å². The van der Waals surface area contributed by atoms with E-state index in [0.29, 0.717) is 0 Å². The van der Waals surface area contributed by atoms with E-state index in [-0.39, 0.29) is 11.5 Å². The van der Waals surface area contributed by atoms with E-state index in [9.17, 15) is 14.7 Å². The summed E-state index contributed by atoms with van der Waals surface area (Å²) >= 11 is 0. The molecule has 2 aromatic rings. The van der Waals surface area contributed by atoms with Gasteiger partial charge in [0.15, 0.2) is 11.5 Å². The third-order valence-corrected chi connectivity index (χ3v) is 2.47. The maximum absolute atomic E-state index is 11.9. The number of furan rings is 2. The zero-order valence-corrected chi connectivity index (χ0v) is 9.20. The lowest BCUT2D eigenvalue weighted by Gasteiger charge is -2.20. The number of carbonyl (C=O) groups excluding carboxylic acids is 2. The van der Waals surface area contributed by atoms with E-state index in [1.165, 1.54) is 36.8 Å². The van der Waals surface area contributed by atoms with Crippen molar-refractivity contribution in [2.75, 3.05) is 6.61 Å². The first-order valence-electron chi connectivity index (χ1n) is 5.09. The highest BCUT2D eigenvalue weighted by molar-refractivity contribution is 6.20. The van der Waals surface area contributed by atoms with Crippen LogP contribution >= 0.6 is 0 Å². The summed E-state index contributed by atoms with van der Waals surface area (Å²) in [6.07, 6.45) is 2.45. The second-order valence-corrected chi connectivity index (χ2v) is 3.63. The summed E-state index contributed by atoms with van der Waals surface area (Å²) in [4.78, 5) is 23.9. The first kappa shape index (κ1) is 12.3. The van der Waals surface area contributed by atoms with Gasteiger partial charge in [-0.25, -0.2) is 0 Å². The fourth-order valence-corrected chi connectivity index (χ4v) is 1.47. The van der Waals surface area contributed by atoms with Gasteiger partial charge in [0.1, 0.15) is 0 Å². The van der Waals surface area contributed by atoms with Crippen molar-refractivity contribution in [1.82, 2.24) is 0 Å². The number of rotatable bonds is 5. The third-order valence-electron chi connectivity index (χ3n) is 2.47. The topological polar surface area (TPSA) is 101 Å². The van der Waals surface area contributed by atoms with Gasteiger partial charge in [0.05, 0.1) is 19.1 Å². The van der Waals surface area contributed by atoms with Gasteiger partial charge in [0.25, 0.3) is 0 Å². The number of Topliss-reactive ketones (excluding diaryl/α,β-unsaturated/α-hetero) is 2. The van der Waals surface area contributed by atoms with Crippen molar-refractivity contribution >= 4 is 11.6 Å².